The van der Waals surface area contributed by atoms with Gasteiger partial charge in [0.25, 0.3) is 11.5 Å². The maximum atomic E-state index is 13.8. The number of carbonyl (C=O) groups excluding carboxylic acids is 1. The summed E-state index contributed by atoms with van der Waals surface area (Å²) in [7, 11) is 3.35. The smallest absolute Gasteiger partial charge is 0.299 e. The molecule has 0 bridgehead atoms. The molecule has 5 aromatic rings. The number of carbonyl (C=O) groups is 1. The maximum Gasteiger partial charge on any atom is 0.299 e. The first-order valence-corrected chi connectivity index (χ1v) is 13.1. The highest BCUT2D eigenvalue weighted by Gasteiger charge is 2.17. The number of hydrogen-bond acceptors (Lipinski definition) is 6. The van der Waals surface area contributed by atoms with Crippen LogP contribution in [-0.4, -0.2) is 34.7 Å². The number of methoxy groups -OCH3 is 1. The Hall–Kier alpha value is -5.37. The average molecular weight is 547 g/mol. The number of rotatable bonds is 9. The van der Waals surface area contributed by atoms with E-state index in [2.05, 4.69) is 10.4 Å². The Kier molecular flexibility index (Phi) is 8.10. The largest absolute Gasteiger partial charge is 0.497 e. The zero-order valence-corrected chi connectivity index (χ0v) is 23.1. The van der Waals surface area contributed by atoms with Gasteiger partial charge in [-0.25, -0.2) is 0 Å². The van der Waals surface area contributed by atoms with Gasteiger partial charge in [-0.2, -0.15) is 9.78 Å². The number of benzene rings is 4. The third kappa shape index (κ3) is 6.45. The molecule has 41 heavy (non-hydrogen) atoms. The molecule has 0 fully saturated rings. The van der Waals surface area contributed by atoms with Crippen LogP contribution in [0.5, 0.6) is 17.2 Å². The quantitative estimate of drug-likeness (QED) is 0.232. The molecular weight excluding hydrogens is 516 g/mol. The normalized spacial score (nSPS) is 10.6. The fourth-order valence-electron chi connectivity index (χ4n) is 4.30. The van der Waals surface area contributed by atoms with Crippen molar-refractivity contribution in [1.82, 2.24) is 14.7 Å². The molecule has 1 heterocycles. The van der Waals surface area contributed by atoms with Crippen molar-refractivity contribution in [3.05, 3.63) is 136 Å². The summed E-state index contributed by atoms with van der Waals surface area (Å²) >= 11 is 0. The van der Waals surface area contributed by atoms with Crippen molar-refractivity contribution in [2.24, 2.45) is 0 Å². The summed E-state index contributed by atoms with van der Waals surface area (Å²) in [6.45, 7) is 2.45. The summed E-state index contributed by atoms with van der Waals surface area (Å²) in [6, 6.07) is 31.4. The number of aromatic nitrogens is 2. The molecule has 0 saturated heterocycles. The number of hydrogen-bond donors (Lipinski definition) is 1. The topological polar surface area (TPSA) is 85.7 Å². The van der Waals surface area contributed by atoms with Crippen molar-refractivity contribution in [1.29, 1.82) is 0 Å². The molecule has 0 unspecified atom stereocenters. The summed E-state index contributed by atoms with van der Waals surface area (Å²) in [5.74, 6) is 1.29. The van der Waals surface area contributed by atoms with Gasteiger partial charge in [0.05, 0.1) is 19.0 Å². The van der Waals surface area contributed by atoms with Gasteiger partial charge in [0.15, 0.2) is 11.4 Å². The lowest BCUT2D eigenvalue weighted by Gasteiger charge is -2.18. The number of nitrogens with one attached hydrogen (secondary N) is 1. The van der Waals surface area contributed by atoms with Crippen molar-refractivity contribution in [2.75, 3.05) is 19.5 Å². The van der Waals surface area contributed by atoms with E-state index < -0.39 is 5.56 Å². The molecule has 0 radical (unpaired) electrons. The third-order valence-corrected chi connectivity index (χ3v) is 6.50. The highest BCUT2D eigenvalue weighted by molar-refractivity contribution is 5.95. The summed E-state index contributed by atoms with van der Waals surface area (Å²) < 4.78 is 12.6. The van der Waals surface area contributed by atoms with Gasteiger partial charge in [-0.15, -0.1) is 0 Å². The lowest BCUT2D eigenvalue weighted by molar-refractivity contribution is 0.0785. The fraction of sp³-hybridized carbons (Fsp3) is 0.121. The monoisotopic (exact) mass is 546 g/mol. The fourth-order valence-corrected chi connectivity index (χ4v) is 4.30. The molecule has 1 N–H and O–H groups in total. The second-order valence-corrected chi connectivity index (χ2v) is 9.57. The van der Waals surface area contributed by atoms with E-state index in [9.17, 15) is 9.59 Å². The molecule has 1 aromatic heterocycles. The molecule has 0 aliphatic heterocycles. The summed E-state index contributed by atoms with van der Waals surface area (Å²) in [4.78, 5) is 28.7. The van der Waals surface area contributed by atoms with E-state index >= 15 is 0 Å². The third-order valence-electron chi connectivity index (χ3n) is 6.50. The van der Waals surface area contributed by atoms with Crippen LogP contribution in [0.2, 0.25) is 0 Å². The highest BCUT2D eigenvalue weighted by atomic mass is 16.5. The van der Waals surface area contributed by atoms with Crippen LogP contribution < -0.4 is 20.3 Å². The number of nitrogens with zero attached hydrogens (tertiary/aromatic N) is 3. The number of ether oxygens (including phenoxy) is 2. The molecule has 0 aliphatic rings. The Bertz CT molecular complexity index is 1700. The minimum atomic E-state index is -0.405. The molecule has 206 valence electrons. The first-order chi connectivity index (χ1) is 19.9. The van der Waals surface area contributed by atoms with E-state index in [0.29, 0.717) is 35.0 Å². The van der Waals surface area contributed by atoms with Gasteiger partial charge in [-0.1, -0.05) is 54.1 Å². The first-order valence-electron chi connectivity index (χ1n) is 13.1. The van der Waals surface area contributed by atoms with Crippen molar-refractivity contribution >= 4 is 17.3 Å². The van der Waals surface area contributed by atoms with Gasteiger partial charge in [-0.3, -0.25) is 9.59 Å². The lowest BCUT2D eigenvalue weighted by atomic mass is 10.1. The van der Waals surface area contributed by atoms with Crippen LogP contribution >= 0.6 is 0 Å². The molecule has 0 spiro atoms. The molecule has 8 heteroatoms. The van der Waals surface area contributed by atoms with E-state index in [1.807, 2.05) is 61.5 Å². The first kappa shape index (κ1) is 27.2. The second kappa shape index (κ2) is 12.2. The number of aryl methyl sites for hydroxylation is 1. The Morgan fingerprint density at radius 2 is 1.61 bits per heavy atom. The van der Waals surface area contributed by atoms with Crippen LogP contribution in [0.25, 0.3) is 5.69 Å². The van der Waals surface area contributed by atoms with Crippen LogP contribution in [0.15, 0.2) is 114 Å². The van der Waals surface area contributed by atoms with Gasteiger partial charge in [0.2, 0.25) is 0 Å². The van der Waals surface area contributed by atoms with Crippen molar-refractivity contribution in [2.45, 2.75) is 13.5 Å². The van der Waals surface area contributed by atoms with Gasteiger partial charge < -0.3 is 19.7 Å². The Labute approximate surface area is 238 Å². The summed E-state index contributed by atoms with van der Waals surface area (Å²) in [5, 5.41) is 7.57. The van der Waals surface area contributed by atoms with E-state index in [1.54, 1.807) is 67.6 Å². The Morgan fingerprint density at radius 1 is 0.902 bits per heavy atom. The van der Waals surface area contributed by atoms with Gasteiger partial charge in [0.1, 0.15) is 11.5 Å². The Morgan fingerprint density at radius 3 is 2.32 bits per heavy atom. The molecular formula is C33H30N4O4. The zero-order valence-electron chi connectivity index (χ0n) is 23.1. The van der Waals surface area contributed by atoms with Crippen molar-refractivity contribution < 1.29 is 14.3 Å². The molecule has 1 amide bonds. The predicted molar refractivity (Wildman–Crippen MR) is 160 cm³/mol. The second-order valence-electron chi connectivity index (χ2n) is 9.57. The van der Waals surface area contributed by atoms with E-state index in [1.165, 1.54) is 10.9 Å². The molecule has 0 saturated carbocycles. The van der Waals surface area contributed by atoms with Gasteiger partial charge in [-0.05, 0) is 67.1 Å². The Balaban J connectivity index is 1.47. The molecule has 5 rings (SSSR count). The minimum Gasteiger partial charge on any atom is -0.497 e. The van der Waals surface area contributed by atoms with Crippen LogP contribution in [0.1, 0.15) is 21.5 Å². The molecule has 0 atom stereocenters. The van der Waals surface area contributed by atoms with Crippen molar-refractivity contribution in [3.8, 4) is 22.9 Å². The SMILES string of the molecule is COc1ccc(Oc2cnn(-c3ccc(C)cc3)c(=O)c2Nc2cccc(C(=O)N(C)Cc3ccccc3)c2)cc1. The average Bonchev–Trinajstić information content (AvgIpc) is 3.00. The number of amides is 1. The molecule has 8 nitrogen and oxygen atoms in total. The standard InChI is InChI=1S/C33H30N4O4/c1-23-12-14-27(15-13-23)37-33(39)31(30(21-34-37)41-29-18-16-28(40-3)17-19-29)35-26-11-7-10-25(20-26)32(38)36(2)22-24-8-5-4-6-9-24/h4-21,35H,22H2,1-3H3. The molecule has 0 aliphatic carbocycles. The van der Waals surface area contributed by atoms with E-state index in [-0.39, 0.29) is 17.3 Å². The van der Waals surface area contributed by atoms with Crippen molar-refractivity contribution in [3.63, 3.8) is 0 Å². The van der Waals surface area contributed by atoms with Gasteiger partial charge in [0, 0.05) is 24.8 Å². The van der Waals surface area contributed by atoms with E-state index in [0.717, 1.165) is 11.1 Å². The number of anilines is 2. The summed E-state index contributed by atoms with van der Waals surface area (Å²) in [6.07, 6.45) is 1.50. The van der Waals surface area contributed by atoms with Crippen LogP contribution in [0, 0.1) is 6.92 Å². The maximum absolute atomic E-state index is 13.8. The van der Waals surface area contributed by atoms with Crippen LogP contribution in [0.4, 0.5) is 11.4 Å². The van der Waals surface area contributed by atoms with E-state index in [4.69, 9.17) is 9.47 Å². The lowest BCUT2D eigenvalue weighted by Crippen LogP contribution is -2.26. The predicted octanol–water partition coefficient (Wildman–Crippen LogP) is 6.36. The highest BCUT2D eigenvalue weighted by Crippen LogP contribution is 2.30. The van der Waals surface area contributed by atoms with Crippen LogP contribution in [-0.2, 0) is 6.54 Å². The molecule has 4 aromatic carbocycles. The van der Waals surface area contributed by atoms with Crippen LogP contribution in [0.3, 0.4) is 0 Å². The zero-order chi connectivity index (χ0) is 28.8. The minimum absolute atomic E-state index is 0.140. The summed E-state index contributed by atoms with van der Waals surface area (Å²) in [5.41, 5.74) is 3.54. The van der Waals surface area contributed by atoms with Gasteiger partial charge >= 0.3 is 0 Å².